The Hall–Kier alpha value is -3.15. The molecule has 6 heteroatoms. The number of hydrogen-bond acceptors (Lipinski definition) is 4. The average Bonchev–Trinajstić information content (AvgIpc) is 2.47. The van der Waals surface area contributed by atoms with Gasteiger partial charge in [-0.3, -0.25) is 9.59 Å². The van der Waals surface area contributed by atoms with Crippen molar-refractivity contribution < 1.29 is 9.90 Å². The van der Waals surface area contributed by atoms with Gasteiger partial charge in [-0.1, -0.05) is 12.1 Å². The second kappa shape index (κ2) is 5.33. The van der Waals surface area contributed by atoms with Crippen LogP contribution in [0.3, 0.4) is 0 Å². The lowest BCUT2D eigenvalue weighted by Gasteiger charge is -2.08. The number of benzene rings is 1. The van der Waals surface area contributed by atoms with E-state index in [-0.39, 0.29) is 11.3 Å². The maximum Gasteiger partial charge on any atom is 0.266 e. The highest BCUT2D eigenvalue weighted by Gasteiger charge is 2.19. The van der Waals surface area contributed by atoms with Gasteiger partial charge in [0, 0.05) is 11.6 Å². The Kier molecular flexibility index (Phi) is 3.34. The Bertz CT molecular complexity index is 931. The highest BCUT2D eigenvalue weighted by Crippen LogP contribution is 2.24. The monoisotopic (exact) mass is 295 g/mol. The number of nitrogens with zero attached hydrogens (tertiary/aromatic N) is 1. The van der Waals surface area contributed by atoms with Crippen LogP contribution < -0.4 is 10.9 Å². The summed E-state index contributed by atoms with van der Waals surface area (Å²) >= 11 is 0. The summed E-state index contributed by atoms with van der Waals surface area (Å²) in [5.41, 5.74) is 0.403. The standard InChI is InChI=1S/C16H13N3O3/c1-9-6-7-17-12(8-9)19-16(22)13-14(20)10-4-2-3-5-11(10)18-15(13)21/h2-8H,1H3,(H,17,19,22)(H2,18,20,21). The normalized spacial score (nSPS) is 10.6. The van der Waals surface area contributed by atoms with E-state index in [1.807, 2.05) is 6.92 Å². The van der Waals surface area contributed by atoms with Gasteiger partial charge in [-0.05, 0) is 36.8 Å². The van der Waals surface area contributed by atoms with Crippen LogP contribution in [0.15, 0.2) is 47.4 Å². The first-order valence-electron chi connectivity index (χ1n) is 6.64. The van der Waals surface area contributed by atoms with Crippen molar-refractivity contribution >= 4 is 22.6 Å². The largest absolute Gasteiger partial charge is 0.506 e. The van der Waals surface area contributed by atoms with E-state index in [4.69, 9.17) is 0 Å². The molecule has 1 amide bonds. The quantitative estimate of drug-likeness (QED) is 0.675. The summed E-state index contributed by atoms with van der Waals surface area (Å²) in [6, 6.07) is 10.2. The van der Waals surface area contributed by atoms with Crippen LogP contribution in [0.5, 0.6) is 5.75 Å². The number of para-hydroxylation sites is 1. The van der Waals surface area contributed by atoms with Crippen molar-refractivity contribution in [1.82, 2.24) is 9.97 Å². The highest BCUT2D eigenvalue weighted by atomic mass is 16.3. The predicted octanol–water partition coefficient (Wildman–Crippen LogP) is 2.19. The molecule has 3 rings (SSSR count). The summed E-state index contributed by atoms with van der Waals surface area (Å²) in [5.74, 6) is -0.732. The van der Waals surface area contributed by atoms with Crippen molar-refractivity contribution in [3.63, 3.8) is 0 Å². The molecule has 3 N–H and O–H groups in total. The molecule has 0 aliphatic heterocycles. The van der Waals surface area contributed by atoms with E-state index in [0.29, 0.717) is 16.7 Å². The summed E-state index contributed by atoms with van der Waals surface area (Å²) < 4.78 is 0. The minimum absolute atomic E-state index is 0.317. The number of aryl methyl sites for hydroxylation is 1. The molecule has 3 aromatic rings. The van der Waals surface area contributed by atoms with E-state index in [9.17, 15) is 14.7 Å². The first kappa shape index (κ1) is 13.8. The van der Waals surface area contributed by atoms with Crippen LogP contribution in [0.1, 0.15) is 15.9 Å². The molecule has 6 nitrogen and oxygen atoms in total. The SMILES string of the molecule is Cc1ccnc(NC(=O)c2c(O)c3ccccc3[nH]c2=O)c1. The number of aromatic nitrogens is 2. The Morgan fingerprint density at radius 3 is 2.82 bits per heavy atom. The average molecular weight is 295 g/mol. The van der Waals surface area contributed by atoms with Crippen LogP contribution in [0.2, 0.25) is 0 Å². The Labute approximate surface area is 125 Å². The van der Waals surface area contributed by atoms with E-state index in [1.165, 1.54) is 0 Å². The Morgan fingerprint density at radius 1 is 1.27 bits per heavy atom. The third kappa shape index (κ3) is 2.42. The summed E-state index contributed by atoms with van der Waals surface area (Å²) in [5, 5.41) is 13.2. The third-order valence-corrected chi connectivity index (χ3v) is 3.28. The number of fused-ring (bicyclic) bond motifs is 1. The minimum Gasteiger partial charge on any atom is -0.506 e. The number of carbonyl (C=O) groups is 1. The first-order valence-corrected chi connectivity index (χ1v) is 6.64. The number of pyridine rings is 2. The summed E-state index contributed by atoms with van der Waals surface area (Å²) in [7, 11) is 0. The molecule has 2 heterocycles. The molecule has 0 saturated heterocycles. The molecule has 0 aliphatic rings. The molecule has 0 aliphatic carbocycles. The number of H-pyrrole nitrogens is 1. The van der Waals surface area contributed by atoms with Gasteiger partial charge < -0.3 is 15.4 Å². The van der Waals surface area contributed by atoms with E-state index >= 15 is 0 Å². The van der Waals surface area contributed by atoms with Crippen molar-refractivity contribution in [2.24, 2.45) is 0 Å². The van der Waals surface area contributed by atoms with Gasteiger partial charge in [-0.25, -0.2) is 4.98 Å². The number of aromatic hydroxyl groups is 1. The summed E-state index contributed by atoms with van der Waals surface area (Å²) in [6.07, 6.45) is 1.55. The number of anilines is 1. The summed E-state index contributed by atoms with van der Waals surface area (Å²) in [6.45, 7) is 1.86. The lowest BCUT2D eigenvalue weighted by atomic mass is 10.1. The molecular weight excluding hydrogens is 282 g/mol. The van der Waals surface area contributed by atoms with E-state index in [0.717, 1.165) is 5.56 Å². The molecule has 0 radical (unpaired) electrons. The number of amides is 1. The minimum atomic E-state index is -0.706. The second-order valence-electron chi connectivity index (χ2n) is 4.90. The molecule has 1 aromatic carbocycles. The van der Waals surface area contributed by atoms with Crippen molar-refractivity contribution in [1.29, 1.82) is 0 Å². The van der Waals surface area contributed by atoms with Gasteiger partial charge >= 0.3 is 0 Å². The van der Waals surface area contributed by atoms with Crippen molar-refractivity contribution in [2.75, 3.05) is 5.32 Å². The van der Waals surface area contributed by atoms with Crippen LogP contribution in [-0.2, 0) is 0 Å². The molecule has 0 spiro atoms. The molecule has 110 valence electrons. The van der Waals surface area contributed by atoms with Crippen LogP contribution in [0.4, 0.5) is 5.82 Å². The molecule has 0 bridgehead atoms. The van der Waals surface area contributed by atoms with E-state index < -0.39 is 11.5 Å². The van der Waals surface area contributed by atoms with Crippen LogP contribution in [-0.4, -0.2) is 21.0 Å². The lowest BCUT2D eigenvalue weighted by molar-refractivity contribution is 0.102. The maximum atomic E-state index is 12.3. The number of aromatic amines is 1. The van der Waals surface area contributed by atoms with Crippen LogP contribution in [0.25, 0.3) is 10.9 Å². The van der Waals surface area contributed by atoms with E-state index in [1.54, 1.807) is 42.6 Å². The number of nitrogens with one attached hydrogen (secondary N) is 2. The maximum absolute atomic E-state index is 12.3. The molecule has 2 aromatic heterocycles. The number of hydrogen-bond donors (Lipinski definition) is 3. The first-order chi connectivity index (χ1) is 10.6. The molecule has 0 fully saturated rings. The highest BCUT2D eigenvalue weighted by molar-refractivity contribution is 6.08. The summed E-state index contributed by atoms with van der Waals surface area (Å²) in [4.78, 5) is 30.9. The second-order valence-corrected chi connectivity index (χ2v) is 4.90. The zero-order chi connectivity index (χ0) is 15.7. The van der Waals surface area contributed by atoms with Crippen LogP contribution >= 0.6 is 0 Å². The van der Waals surface area contributed by atoms with Crippen molar-refractivity contribution in [3.8, 4) is 5.75 Å². The van der Waals surface area contributed by atoms with Gasteiger partial charge in [0.05, 0.1) is 5.52 Å². The number of rotatable bonds is 2. The lowest BCUT2D eigenvalue weighted by Crippen LogP contribution is -2.23. The fourth-order valence-corrected chi connectivity index (χ4v) is 2.22. The smallest absolute Gasteiger partial charge is 0.266 e. The molecule has 0 unspecified atom stereocenters. The Balaban J connectivity index is 2.06. The molecule has 0 atom stereocenters. The van der Waals surface area contributed by atoms with Crippen LogP contribution in [0, 0.1) is 6.92 Å². The van der Waals surface area contributed by atoms with Gasteiger partial charge in [0.2, 0.25) is 0 Å². The zero-order valence-electron chi connectivity index (χ0n) is 11.8. The van der Waals surface area contributed by atoms with Gasteiger partial charge in [0.15, 0.2) is 0 Å². The fraction of sp³-hybridized carbons (Fsp3) is 0.0625. The molecule has 22 heavy (non-hydrogen) atoms. The van der Waals surface area contributed by atoms with Gasteiger partial charge in [-0.15, -0.1) is 0 Å². The number of carbonyl (C=O) groups excluding carboxylic acids is 1. The topological polar surface area (TPSA) is 95.1 Å². The fourth-order valence-electron chi connectivity index (χ4n) is 2.22. The molecular formula is C16H13N3O3. The predicted molar refractivity (Wildman–Crippen MR) is 83.2 cm³/mol. The molecule has 0 saturated carbocycles. The van der Waals surface area contributed by atoms with Crippen molar-refractivity contribution in [3.05, 3.63) is 64.1 Å². The van der Waals surface area contributed by atoms with Crippen molar-refractivity contribution in [2.45, 2.75) is 6.92 Å². The zero-order valence-corrected chi connectivity index (χ0v) is 11.8. The van der Waals surface area contributed by atoms with Gasteiger partial charge in [0.25, 0.3) is 11.5 Å². The van der Waals surface area contributed by atoms with E-state index in [2.05, 4.69) is 15.3 Å². The third-order valence-electron chi connectivity index (χ3n) is 3.28. The van der Waals surface area contributed by atoms with Gasteiger partial charge in [0.1, 0.15) is 17.1 Å². The Morgan fingerprint density at radius 2 is 2.05 bits per heavy atom. The van der Waals surface area contributed by atoms with Gasteiger partial charge in [-0.2, -0.15) is 0 Å².